The number of hydrogen-bond donors (Lipinski definition) is 2. The zero-order valence-corrected chi connectivity index (χ0v) is 14.7. The smallest absolute Gasteiger partial charge is 0.199 e. The van der Waals surface area contributed by atoms with E-state index < -0.39 is 0 Å². The minimum absolute atomic E-state index is 0.0659. The molecule has 2 heterocycles. The van der Waals surface area contributed by atoms with E-state index in [1.807, 2.05) is 40.8 Å². The fraction of sp³-hybridized carbons (Fsp3) is 0.300. The number of nitrogens with two attached hydrogens (primary N) is 1. The van der Waals surface area contributed by atoms with Crippen LogP contribution in [0.4, 0.5) is 5.69 Å². The van der Waals surface area contributed by atoms with E-state index in [4.69, 9.17) is 5.73 Å². The highest BCUT2D eigenvalue weighted by Crippen LogP contribution is 2.28. The van der Waals surface area contributed by atoms with Gasteiger partial charge in [-0.1, -0.05) is 24.8 Å². The Hall–Kier alpha value is -2.60. The lowest BCUT2D eigenvalue weighted by Gasteiger charge is -2.11. The number of anilines is 1. The molecular formula is C20H22BN4O. The van der Waals surface area contributed by atoms with E-state index in [9.17, 15) is 4.79 Å². The molecule has 0 atom stereocenters. The highest BCUT2D eigenvalue weighted by Gasteiger charge is 2.15. The van der Waals surface area contributed by atoms with E-state index in [1.165, 1.54) is 0 Å². The fourth-order valence-corrected chi connectivity index (χ4v) is 3.55. The van der Waals surface area contributed by atoms with Crippen LogP contribution in [0.5, 0.6) is 0 Å². The Labute approximate surface area is 152 Å². The van der Waals surface area contributed by atoms with Gasteiger partial charge in [-0.05, 0) is 43.7 Å². The molecule has 0 aliphatic heterocycles. The monoisotopic (exact) mass is 345 g/mol. The van der Waals surface area contributed by atoms with Crippen molar-refractivity contribution in [2.75, 3.05) is 18.4 Å². The van der Waals surface area contributed by atoms with E-state index in [0.717, 1.165) is 71.6 Å². The maximum atomic E-state index is 13.1. The first-order chi connectivity index (χ1) is 12.8. The second-order valence-electron chi connectivity index (χ2n) is 6.61. The van der Waals surface area contributed by atoms with Crippen LogP contribution in [0.3, 0.4) is 0 Å². The number of fused-ring (bicyclic) bond motifs is 2. The predicted octanol–water partition coefficient (Wildman–Crippen LogP) is 3.13. The lowest BCUT2D eigenvalue weighted by molar-refractivity contribution is 0.909. The Morgan fingerprint density at radius 2 is 1.96 bits per heavy atom. The lowest BCUT2D eigenvalue weighted by Crippen LogP contribution is -2.11. The maximum absolute atomic E-state index is 13.1. The molecule has 0 spiro atoms. The van der Waals surface area contributed by atoms with Crippen molar-refractivity contribution in [2.45, 2.75) is 25.5 Å². The van der Waals surface area contributed by atoms with Gasteiger partial charge in [0.2, 0.25) is 0 Å². The highest BCUT2D eigenvalue weighted by atomic mass is 16.1. The Morgan fingerprint density at radius 1 is 1.12 bits per heavy atom. The van der Waals surface area contributed by atoms with Gasteiger partial charge in [0, 0.05) is 17.6 Å². The normalized spacial score (nSPS) is 11.6. The average Bonchev–Trinajstić information content (AvgIpc) is 3.10. The maximum Gasteiger partial charge on any atom is 0.199 e. The molecule has 6 heteroatoms. The van der Waals surface area contributed by atoms with Crippen LogP contribution in [0.1, 0.15) is 12.8 Å². The molecule has 3 N–H and O–H groups in total. The summed E-state index contributed by atoms with van der Waals surface area (Å²) in [4.78, 5) is 17.6. The van der Waals surface area contributed by atoms with Crippen LogP contribution in [0.25, 0.3) is 27.3 Å². The van der Waals surface area contributed by atoms with Crippen molar-refractivity contribution in [3.63, 3.8) is 0 Å². The van der Waals surface area contributed by atoms with Gasteiger partial charge in [-0.3, -0.25) is 9.20 Å². The van der Waals surface area contributed by atoms with Gasteiger partial charge in [0.25, 0.3) is 0 Å². The zero-order valence-electron chi connectivity index (χ0n) is 14.7. The first-order valence-electron chi connectivity index (χ1n) is 9.21. The van der Waals surface area contributed by atoms with E-state index in [0.29, 0.717) is 0 Å². The minimum atomic E-state index is 0.0659. The Bertz CT molecular complexity index is 1090. The van der Waals surface area contributed by atoms with Crippen molar-refractivity contribution < 1.29 is 0 Å². The van der Waals surface area contributed by atoms with Gasteiger partial charge in [0.15, 0.2) is 5.43 Å². The van der Waals surface area contributed by atoms with Crippen molar-refractivity contribution in [3.05, 3.63) is 52.9 Å². The number of benzene rings is 2. The summed E-state index contributed by atoms with van der Waals surface area (Å²) in [6, 6.07) is 11.7. The summed E-state index contributed by atoms with van der Waals surface area (Å²) < 4.78 is 2.02. The number of hydrogen-bond acceptors (Lipinski definition) is 4. The summed E-state index contributed by atoms with van der Waals surface area (Å²) in [6.07, 6.45) is 6.01. The van der Waals surface area contributed by atoms with E-state index in [1.54, 1.807) is 6.33 Å². The molecule has 1 radical (unpaired) electrons. The number of rotatable bonds is 8. The SMILES string of the molecule is NCCC[B]CCCNc1ccc2ncn3c4ccccc4c(=O)c1c23. The van der Waals surface area contributed by atoms with Crippen LogP contribution in [-0.2, 0) is 0 Å². The van der Waals surface area contributed by atoms with Crippen LogP contribution in [0.2, 0.25) is 12.6 Å². The molecule has 2 aromatic carbocycles. The molecule has 131 valence electrons. The van der Waals surface area contributed by atoms with Gasteiger partial charge in [0.05, 0.1) is 21.9 Å². The van der Waals surface area contributed by atoms with Crippen LogP contribution in [-0.4, -0.2) is 29.8 Å². The predicted molar refractivity (Wildman–Crippen MR) is 110 cm³/mol. The summed E-state index contributed by atoms with van der Waals surface area (Å²) in [5.41, 5.74) is 9.11. The van der Waals surface area contributed by atoms with Gasteiger partial charge in [-0.25, -0.2) is 4.98 Å². The molecule has 5 nitrogen and oxygen atoms in total. The molecule has 0 bridgehead atoms. The molecule has 2 aromatic heterocycles. The topological polar surface area (TPSA) is 72.4 Å². The largest absolute Gasteiger partial charge is 0.384 e. The minimum Gasteiger partial charge on any atom is -0.384 e. The number of pyridine rings is 1. The molecule has 0 fully saturated rings. The van der Waals surface area contributed by atoms with E-state index in [2.05, 4.69) is 17.6 Å². The molecule has 0 amide bonds. The summed E-state index contributed by atoms with van der Waals surface area (Å²) in [6.45, 7) is 1.58. The summed E-state index contributed by atoms with van der Waals surface area (Å²) in [5.74, 6) is 0. The van der Waals surface area contributed by atoms with Crippen LogP contribution in [0, 0.1) is 0 Å². The summed E-state index contributed by atoms with van der Waals surface area (Å²) >= 11 is 0. The fourth-order valence-electron chi connectivity index (χ4n) is 3.55. The Kier molecular flexibility index (Phi) is 4.76. The number of nitrogens with zero attached hydrogens (tertiary/aromatic N) is 2. The molecule has 4 aromatic rings. The molecule has 0 saturated heterocycles. The van der Waals surface area contributed by atoms with Crippen molar-refractivity contribution in [3.8, 4) is 0 Å². The molecule has 0 saturated carbocycles. The van der Waals surface area contributed by atoms with Gasteiger partial charge in [-0.2, -0.15) is 0 Å². The van der Waals surface area contributed by atoms with Crippen molar-refractivity contribution in [2.24, 2.45) is 5.73 Å². The number of aromatic nitrogens is 2. The first-order valence-corrected chi connectivity index (χ1v) is 9.21. The average molecular weight is 345 g/mol. The van der Waals surface area contributed by atoms with Crippen molar-refractivity contribution >= 4 is 40.3 Å². The zero-order chi connectivity index (χ0) is 17.9. The third-order valence-electron chi connectivity index (χ3n) is 4.86. The summed E-state index contributed by atoms with van der Waals surface area (Å²) in [7, 11) is 2.29. The second-order valence-corrected chi connectivity index (χ2v) is 6.61. The Balaban J connectivity index is 1.65. The molecule has 0 unspecified atom stereocenters. The standard InChI is InChI=1S/C20H22BN4O/c22-11-3-9-21-10-4-12-23-15-7-8-16-19-18(15)20(26)14-5-1-2-6-17(14)25(19)13-24-16/h1-2,5-8,13,23H,3-4,9-12,22H2. The van der Waals surface area contributed by atoms with Gasteiger partial charge in [0.1, 0.15) is 13.6 Å². The summed E-state index contributed by atoms with van der Waals surface area (Å²) in [5, 5.41) is 4.91. The first kappa shape index (κ1) is 16.9. The van der Waals surface area contributed by atoms with Crippen LogP contribution >= 0.6 is 0 Å². The van der Waals surface area contributed by atoms with Gasteiger partial charge in [-0.15, -0.1) is 0 Å². The lowest BCUT2D eigenvalue weighted by atomic mass is 9.69. The quantitative estimate of drug-likeness (QED) is 0.292. The molecular weight excluding hydrogens is 323 g/mol. The molecule has 26 heavy (non-hydrogen) atoms. The van der Waals surface area contributed by atoms with E-state index >= 15 is 0 Å². The Morgan fingerprint density at radius 3 is 2.85 bits per heavy atom. The molecule has 4 rings (SSSR count). The molecule has 0 aliphatic carbocycles. The number of para-hydroxylation sites is 1. The third kappa shape index (κ3) is 2.90. The van der Waals surface area contributed by atoms with Crippen molar-refractivity contribution in [1.82, 2.24) is 9.38 Å². The van der Waals surface area contributed by atoms with Crippen LogP contribution in [0.15, 0.2) is 47.5 Å². The van der Waals surface area contributed by atoms with E-state index in [-0.39, 0.29) is 5.43 Å². The second kappa shape index (κ2) is 7.34. The van der Waals surface area contributed by atoms with Gasteiger partial charge < -0.3 is 11.1 Å². The number of imidazole rings is 1. The number of nitrogens with one attached hydrogen (secondary N) is 1. The van der Waals surface area contributed by atoms with Gasteiger partial charge >= 0.3 is 0 Å². The highest BCUT2D eigenvalue weighted by molar-refractivity contribution is 6.35. The van der Waals surface area contributed by atoms with Crippen molar-refractivity contribution in [1.29, 1.82) is 0 Å². The van der Waals surface area contributed by atoms with Crippen LogP contribution < -0.4 is 16.5 Å². The third-order valence-corrected chi connectivity index (χ3v) is 4.86. The molecule has 0 aliphatic rings.